The van der Waals surface area contributed by atoms with E-state index in [1.165, 1.54) is 6.42 Å². The average molecular weight is 364 g/mol. The average Bonchev–Trinajstić information content (AvgIpc) is 2.62. The van der Waals surface area contributed by atoms with Crippen LogP contribution < -0.4 is 4.74 Å². The highest BCUT2D eigenvalue weighted by atomic mass is 16.5. The molecule has 0 radical (unpaired) electrons. The Labute approximate surface area is 161 Å². The van der Waals surface area contributed by atoms with Crippen LogP contribution in [0.3, 0.4) is 0 Å². The molecule has 2 aliphatic rings. The summed E-state index contributed by atoms with van der Waals surface area (Å²) in [6, 6.07) is 14.2. The van der Waals surface area contributed by atoms with Gasteiger partial charge in [-0.05, 0) is 55.2 Å². The number of fused-ring (bicyclic) bond motifs is 1. The summed E-state index contributed by atoms with van der Waals surface area (Å²) >= 11 is 0. The summed E-state index contributed by atoms with van der Waals surface area (Å²) in [4.78, 5) is 12.4. The summed E-state index contributed by atoms with van der Waals surface area (Å²) in [7, 11) is 0. The van der Waals surface area contributed by atoms with Crippen LogP contribution in [0.2, 0.25) is 0 Å². The van der Waals surface area contributed by atoms with Crippen LogP contribution in [0.5, 0.6) is 5.75 Å². The Morgan fingerprint density at radius 1 is 1.11 bits per heavy atom. The second kappa shape index (κ2) is 7.85. The predicted octanol–water partition coefficient (Wildman–Crippen LogP) is 4.93. The second-order valence-electron chi connectivity index (χ2n) is 8.10. The molecule has 0 saturated heterocycles. The summed E-state index contributed by atoms with van der Waals surface area (Å²) < 4.78 is 6.17. The Hall–Kier alpha value is -2.13. The third-order valence-electron chi connectivity index (χ3n) is 6.27. The molecule has 0 spiro atoms. The first kappa shape index (κ1) is 18.2. The topological polar surface area (TPSA) is 46.5 Å². The van der Waals surface area contributed by atoms with Crippen molar-refractivity contribution in [2.24, 2.45) is 11.8 Å². The lowest BCUT2D eigenvalue weighted by Gasteiger charge is -2.33. The van der Waals surface area contributed by atoms with E-state index < -0.39 is 6.10 Å². The monoisotopic (exact) mass is 364 g/mol. The van der Waals surface area contributed by atoms with Gasteiger partial charge in [-0.1, -0.05) is 48.9 Å². The molecule has 3 nitrogen and oxygen atoms in total. The van der Waals surface area contributed by atoms with Crippen molar-refractivity contribution in [1.29, 1.82) is 0 Å². The third-order valence-corrected chi connectivity index (χ3v) is 6.27. The highest BCUT2D eigenvalue weighted by Gasteiger charge is 2.34. The molecule has 0 aliphatic heterocycles. The molecule has 142 valence electrons. The minimum Gasteiger partial charge on any atom is -0.488 e. The Balaban J connectivity index is 1.50. The highest BCUT2D eigenvalue weighted by Crippen LogP contribution is 2.43. The second-order valence-corrected chi connectivity index (χ2v) is 8.10. The van der Waals surface area contributed by atoms with Crippen LogP contribution in [0.15, 0.2) is 42.5 Å². The molecule has 3 heteroatoms. The third kappa shape index (κ3) is 3.79. The van der Waals surface area contributed by atoms with Crippen LogP contribution in [0.1, 0.15) is 60.5 Å². The minimum atomic E-state index is -0.572. The summed E-state index contributed by atoms with van der Waals surface area (Å²) in [5, 5.41) is 10.9. The molecule has 0 amide bonds. The first-order chi connectivity index (χ1) is 13.1. The van der Waals surface area contributed by atoms with E-state index in [-0.39, 0.29) is 11.8 Å². The number of carbonyl (C=O) groups is 1. The van der Waals surface area contributed by atoms with Gasteiger partial charge in [0.05, 0.1) is 6.10 Å². The van der Waals surface area contributed by atoms with E-state index >= 15 is 0 Å². The molecule has 2 aromatic rings. The van der Waals surface area contributed by atoms with Gasteiger partial charge in [0.25, 0.3) is 0 Å². The first-order valence-electron chi connectivity index (χ1n) is 10.1. The Morgan fingerprint density at radius 3 is 2.59 bits per heavy atom. The van der Waals surface area contributed by atoms with E-state index in [0.717, 1.165) is 53.7 Å². The summed E-state index contributed by atoms with van der Waals surface area (Å²) in [5.74, 6) is 1.54. The van der Waals surface area contributed by atoms with E-state index in [1.807, 2.05) is 30.3 Å². The van der Waals surface area contributed by atoms with Crippen molar-refractivity contribution in [3.05, 3.63) is 64.7 Å². The predicted molar refractivity (Wildman–Crippen MR) is 106 cm³/mol. The van der Waals surface area contributed by atoms with Gasteiger partial charge in [0.15, 0.2) is 0 Å². The molecule has 1 N–H and O–H groups in total. The fraction of sp³-hybridized carbons (Fsp3) is 0.458. The molecule has 0 heterocycles. The van der Waals surface area contributed by atoms with Crippen LogP contribution >= 0.6 is 0 Å². The number of ether oxygens (including phenoxy) is 1. The van der Waals surface area contributed by atoms with Crippen LogP contribution in [0.25, 0.3) is 0 Å². The number of aliphatic hydroxyl groups excluding tert-OH is 1. The maximum absolute atomic E-state index is 12.4. The molecule has 4 rings (SSSR count). The molecular weight excluding hydrogens is 336 g/mol. The molecule has 2 aliphatic carbocycles. The molecule has 0 aromatic heterocycles. The standard InChI is InChI=1S/C24H28O3/c1-16-10-12-20-21(24(16)27-15-17-6-3-2-4-7-17)13-11-19(23(20)26)14-22(25)18-8-5-9-18/h2-4,6-7,10,12,18-19,23,26H,5,8-9,11,13-15H2,1H3/t19-,23-/m0/s1. The quantitative estimate of drug-likeness (QED) is 0.790. The van der Waals surface area contributed by atoms with Crippen molar-refractivity contribution in [3.8, 4) is 5.75 Å². The van der Waals surface area contributed by atoms with E-state index in [2.05, 4.69) is 19.1 Å². The molecule has 2 atom stereocenters. The van der Waals surface area contributed by atoms with Crippen molar-refractivity contribution < 1.29 is 14.6 Å². The number of carbonyl (C=O) groups excluding carboxylic acids is 1. The van der Waals surface area contributed by atoms with E-state index in [1.54, 1.807) is 0 Å². The summed E-state index contributed by atoms with van der Waals surface area (Å²) in [6.45, 7) is 2.58. The molecule has 0 bridgehead atoms. The normalized spacial score (nSPS) is 22.0. The van der Waals surface area contributed by atoms with Gasteiger partial charge in [0.1, 0.15) is 18.1 Å². The van der Waals surface area contributed by atoms with Crippen LogP contribution in [-0.2, 0) is 17.8 Å². The van der Waals surface area contributed by atoms with Gasteiger partial charge in [-0.15, -0.1) is 0 Å². The van der Waals surface area contributed by atoms with Crippen LogP contribution in [-0.4, -0.2) is 10.9 Å². The zero-order valence-corrected chi connectivity index (χ0v) is 16.0. The largest absolute Gasteiger partial charge is 0.488 e. The number of aryl methyl sites for hydroxylation is 1. The lowest BCUT2D eigenvalue weighted by atomic mass is 9.74. The van der Waals surface area contributed by atoms with Gasteiger partial charge in [0, 0.05) is 17.9 Å². The van der Waals surface area contributed by atoms with E-state index in [4.69, 9.17) is 4.74 Å². The molecular formula is C24H28O3. The smallest absolute Gasteiger partial charge is 0.136 e. The van der Waals surface area contributed by atoms with Crippen molar-refractivity contribution in [1.82, 2.24) is 0 Å². The SMILES string of the molecule is Cc1ccc2c(c1OCc1ccccc1)CC[C@@H](CC(=O)C1CCC1)[C@@H]2O. The van der Waals surface area contributed by atoms with E-state index in [9.17, 15) is 9.90 Å². The number of aliphatic hydroxyl groups is 1. The zero-order chi connectivity index (χ0) is 18.8. The molecule has 0 unspecified atom stereocenters. The number of Topliss-reactive ketones (excluding diaryl/α,β-unsaturated/α-hetero) is 1. The number of benzene rings is 2. The number of rotatable bonds is 6. The Bertz CT molecular complexity index is 808. The van der Waals surface area contributed by atoms with Crippen molar-refractivity contribution in [3.63, 3.8) is 0 Å². The Kier molecular flexibility index (Phi) is 5.31. The van der Waals surface area contributed by atoms with Crippen molar-refractivity contribution in [2.75, 3.05) is 0 Å². The number of ketones is 1. The minimum absolute atomic E-state index is 0.0373. The van der Waals surface area contributed by atoms with Crippen molar-refractivity contribution in [2.45, 2.75) is 58.2 Å². The van der Waals surface area contributed by atoms with Gasteiger partial charge in [-0.25, -0.2) is 0 Å². The summed E-state index contributed by atoms with van der Waals surface area (Å²) in [5.41, 5.74) is 4.29. The first-order valence-corrected chi connectivity index (χ1v) is 10.1. The highest BCUT2D eigenvalue weighted by molar-refractivity contribution is 5.82. The fourth-order valence-corrected chi connectivity index (χ4v) is 4.34. The van der Waals surface area contributed by atoms with Crippen LogP contribution in [0, 0.1) is 18.8 Å². The Morgan fingerprint density at radius 2 is 1.89 bits per heavy atom. The maximum atomic E-state index is 12.4. The molecule has 1 saturated carbocycles. The molecule has 27 heavy (non-hydrogen) atoms. The van der Waals surface area contributed by atoms with Gasteiger partial charge in [0.2, 0.25) is 0 Å². The lowest BCUT2D eigenvalue weighted by molar-refractivity contribution is -0.127. The number of hydrogen-bond acceptors (Lipinski definition) is 3. The fourth-order valence-electron chi connectivity index (χ4n) is 4.34. The maximum Gasteiger partial charge on any atom is 0.136 e. The zero-order valence-electron chi connectivity index (χ0n) is 16.0. The van der Waals surface area contributed by atoms with Crippen LogP contribution in [0.4, 0.5) is 0 Å². The molecule has 1 fully saturated rings. The van der Waals surface area contributed by atoms with Gasteiger partial charge in [-0.2, -0.15) is 0 Å². The number of hydrogen-bond donors (Lipinski definition) is 1. The van der Waals surface area contributed by atoms with Crippen molar-refractivity contribution >= 4 is 5.78 Å². The van der Waals surface area contributed by atoms with E-state index in [0.29, 0.717) is 18.8 Å². The van der Waals surface area contributed by atoms with Gasteiger partial charge in [-0.3, -0.25) is 4.79 Å². The summed E-state index contributed by atoms with van der Waals surface area (Å²) in [6.07, 6.45) is 4.90. The molecule has 2 aromatic carbocycles. The van der Waals surface area contributed by atoms with Gasteiger partial charge >= 0.3 is 0 Å². The van der Waals surface area contributed by atoms with Gasteiger partial charge < -0.3 is 9.84 Å². The lowest BCUT2D eigenvalue weighted by Crippen LogP contribution is -2.28.